The van der Waals surface area contributed by atoms with E-state index in [1.165, 1.54) is 28.6 Å². The van der Waals surface area contributed by atoms with E-state index in [9.17, 15) is 18.5 Å². The maximum atomic E-state index is 13.8. The van der Waals surface area contributed by atoms with Gasteiger partial charge in [0, 0.05) is 31.1 Å². The topological polar surface area (TPSA) is 80.5 Å². The summed E-state index contributed by atoms with van der Waals surface area (Å²) in [5.74, 6) is -0.0363. The molecule has 0 amide bonds. The molecule has 0 saturated carbocycles. The van der Waals surface area contributed by atoms with Gasteiger partial charge in [-0.05, 0) is 47.4 Å². The van der Waals surface area contributed by atoms with E-state index >= 15 is 0 Å². The highest BCUT2D eigenvalue weighted by atomic mass is 35.5. The fraction of sp³-hybridized carbons (Fsp3) is 0.143. The molecule has 0 N–H and O–H groups in total. The van der Waals surface area contributed by atoms with Crippen LogP contribution in [-0.2, 0) is 16.6 Å². The van der Waals surface area contributed by atoms with Crippen molar-refractivity contribution in [2.24, 2.45) is 0 Å². The molecule has 0 aliphatic rings. The number of nitrogens with zero attached hydrogens (tertiary/aromatic N) is 2. The van der Waals surface area contributed by atoms with Crippen molar-refractivity contribution < 1.29 is 13.3 Å². The Kier molecular flexibility index (Phi) is 8.61. The molecule has 190 valence electrons. The summed E-state index contributed by atoms with van der Waals surface area (Å²) in [4.78, 5) is 10.5. The second-order valence-corrected chi connectivity index (χ2v) is 11.3. The van der Waals surface area contributed by atoms with E-state index in [1.807, 2.05) is 60.7 Å². The zero-order valence-corrected chi connectivity index (χ0v) is 22.0. The van der Waals surface area contributed by atoms with Crippen molar-refractivity contribution in [3.05, 3.63) is 140 Å². The molecule has 6 nitrogen and oxygen atoms in total. The largest absolute Gasteiger partial charge is 0.269 e. The van der Waals surface area contributed by atoms with Gasteiger partial charge in [-0.3, -0.25) is 10.1 Å². The Bertz CT molecular complexity index is 1430. The Morgan fingerprint density at radius 3 is 1.86 bits per heavy atom. The SMILES string of the molecule is O=[N+]([O-])c1ccc(S(=O)(=O)N(CCC(c2ccccc2)c2ccccc2)Cc2ccc(Cl)c(Cl)c2)cc1. The van der Waals surface area contributed by atoms with Crippen LogP contribution in [0.15, 0.2) is 108 Å². The van der Waals surface area contributed by atoms with Crippen LogP contribution < -0.4 is 0 Å². The third kappa shape index (κ3) is 6.56. The number of hydrogen-bond donors (Lipinski definition) is 0. The molecule has 0 heterocycles. The van der Waals surface area contributed by atoms with Crippen molar-refractivity contribution >= 4 is 38.9 Å². The summed E-state index contributed by atoms with van der Waals surface area (Å²) in [5.41, 5.74) is 2.66. The van der Waals surface area contributed by atoms with Crippen LogP contribution in [0.4, 0.5) is 5.69 Å². The molecule has 37 heavy (non-hydrogen) atoms. The molecule has 9 heteroatoms. The average Bonchev–Trinajstić information content (AvgIpc) is 2.91. The minimum atomic E-state index is -3.99. The van der Waals surface area contributed by atoms with Crippen LogP contribution in [0.3, 0.4) is 0 Å². The van der Waals surface area contributed by atoms with E-state index in [4.69, 9.17) is 23.2 Å². The standard InChI is InChI=1S/C28H24Cl2N2O4S/c29-27-16-11-21(19-28(27)30)20-31(37(35,36)25-14-12-24(13-15-25)32(33)34)18-17-26(22-7-3-1-4-8-22)23-9-5-2-6-10-23/h1-16,19,26H,17-18,20H2. The highest BCUT2D eigenvalue weighted by molar-refractivity contribution is 7.89. The van der Waals surface area contributed by atoms with Gasteiger partial charge >= 0.3 is 0 Å². The number of hydrogen-bond acceptors (Lipinski definition) is 4. The van der Waals surface area contributed by atoms with E-state index < -0.39 is 14.9 Å². The molecule has 0 aliphatic heterocycles. The predicted octanol–water partition coefficient (Wildman–Crippen LogP) is 7.31. The summed E-state index contributed by atoms with van der Waals surface area (Å²) in [7, 11) is -3.99. The Morgan fingerprint density at radius 1 is 0.784 bits per heavy atom. The molecule has 0 saturated heterocycles. The minimum absolute atomic E-state index is 0.0193. The first-order valence-corrected chi connectivity index (χ1v) is 13.7. The van der Waals surface area contributed by atoms with Gasteiger partial charge in [0.1, 0.15) is 0 Å². The second-order valence-electron chi connectivity index (χ2n) is 8.50. The van der Waals surface area contributed by atoms with Crippen LogP contribution in [0.5, 0.6) is 0 Å². The van der Waals surface area contributed by atoms with Gasteiger partial charge < -0.3 is 0 Å². The molecular weight excluding hydrogens is 531 g/mol. The zero-order valence-electron chi connectivity index (χ0n) is 19.7. The van der Waals surface area contributed by atoms with Crippen molar-refractivity contribution in [2.75, 3.05) is 6.54 Å². The first-order valence-electron chi connectivity index (χ1n) is 11.5. The lowest BCUT2D eigenvalue weighted by atomic mass is 9.88. The predicted molar refractivity (Wildman–Crippen MR) is 146 cm³/mol. The van der Waals surface area contributed by atoms with E-state index in [1.54, 1.807) is 18.2 Å². The first kappa shape index (κ1) is 26.8. The van der Waals surface area contributed by atoms with Crippen LogP contribution in [0.1, 0.15) is 29.0 Å². The van der Waals surface area contributed by atoms with Crippen LogP contribution in [-0.4, -0.2) is 24.2 Å². The number of nitro groups is 1. The molecule has 0 spiro atoms. The van der Waals surface area contributed by atoms with E-state index in [0.29, 0.717) is 22.0 Å². The lowest BCUT2D eigenvalue weighted by molar-refractivity contribution is -0.384. The number of non-ortho nitro benzene ring substituents is 1. The summed E-state index contributed by atoms with van der Waals surface area (Å²) in [6.45, 7) is 0.264. The Hall–Kier alpha value is -3.23. The summed E-state index contributed by atoms with van der Waals surface area (Å²) < 4.78 is 28.9. The van der Waals surface area contributed by atoms with E-state index in [0.717, 1.165) is 11.1 Å². The summed E-state index contributed by atoms with van der Waals surface area (Å²) >= 11 is 12.3. The Labute approximate surface area is 226 Å². The van der Waals surface area contributed by atoms with Crippen molar-refractivity contribution in [2.45, 2.75) is 23.8 Å². The summed E-state index contributed by atoms with van der Waals surface area (Å²) in [6.07, 6.45) is 0.515. The third-order valence-electron chi connectivity index (χ3n) is 6.10. The molecule has 4 rings (SSSR count). The molecule has 0 aliphatic carbocycles. The third-order valence-corrected chi connectivity index (χ3v) is 8.70. The first-order chi connectivity index (χ1) is 17.8. The van der Waals surface area contributed by atoms with Crippen LogP contribution in [0, 0.1) is 10.1 Å². The molecule has 0 fully saturated rings. The van der Waals surface area contributed by atoms with E-state index in [2.05, 4.69) is 0 Å². The van der Waals surface area contributed by atoms with Gasteiger partial charge in [0.25, 0.3) is 5.69 Å². The van der Waals surface area contributed by atoms with Gasteiger partial charge in [0.2, 0.25) is 10.0 Å². The normalized spacial score (nSPS) is 11.7. The van der Waals surface area contributed by atoms with Gasteiger partial charge in [0.15, 0.2) is 0 Å². The molecule has 4 aromatic rings. The second kappa shape index (κ2) is 11.9. The lowest BCUT2D eigenvalue weighted by Gasteiger charge is -2.26. The van der Waals surface area contributed by atoms with Crippen LogP contribution in [0.25, 0.3) is 0 Å². The van der Waals surface area contributed by atoms with Crippen molar-refractivity contribution in [3.63, 3.8) is 0 Å². The fourth-order valence-corrected chi connectivity index (χ4v) is 5.95. The van der Waals surface area contributed by atoms with E-state index in [-0.39, 0.29) is 29.6 Å². The van der Waals surface area contributed by atoms with Gasteiger partial charge in [-0.15, -0.1) is 0 Å². The zero-order chi connectivity index (χ0) is 26.4. The molecule has 0 radical (unpaired) electrons. The minimum Gasteiger partial charge on any atom is -0.258 e. The molecule has 0 atom stereocenters. The molecule has 4 aromatic carbocycles. The van der Waals surface area contributed by atoms with Gasteiger partial charge in [0.05, 0.1) is 19.9 Å². The summed E-state index contributed by atoms with van der Waals surface area (Å²) in [5, 5.41) is 11.8. The van der Waals surface area contributed by atoms with Gasteiger partial charge in [-0.25, -0.2) is 8.42 Å². The Morgan fingerprint density at radius 2 is 1.35 bits per heavy atom. The molecule has 0 unspecified atom stereocenters. The summed E-state index contributed by atoms with van der Waals surface area (Å²) in [6, 6.07) is 29.8. The molecule has 0 bridgehead atoms. The maximum absolute atomic E-state index is 13.8. The lowest BCUT2D eigenvalue weighted by Crippen LogP contribution is -2.32. The van der Waals surface area contributed by atoms with Crippen LogP contribution >= 0.6 is 23.2 Å². The Balaban J connectivity index is 1.69. The number of benzene rings is 4. The van der Waals surface area contributed by atoms with Crippen molar-refractivity contribution in [1.29, 1.82) is 0 Å². The molecule has 0 aromatic heterocycles. The number of sulfonamides is 1. The quantitative estimate of drug-likeness (QED) is 0.152. The van der Waals surface area contributed by atoms with Crippen molar-refractivity contribution in [1.82, 2.24) is 4.31 Å². The highest BCUT2D eigenvalue weighted by Gasteiger charge is 2.27. The van der Waals surface area contributed by atoms with Crippen LogP contribution in [0.2, 0.25) is 10.0 Å². The number of rotatable bonds is 10. The maximum Gasteiger partial charge on any atom is 0.269 e. The monoisotopic (exact) mass is 554 g/mol. The molecular formula is C28H24Cl2N2O4S. The van der Waals surface area contributed by atoms with Gasteiger partial charge in [-0.1, -0.05) is 89.9 Å². The smallest absolute Gasteiger partial charge is 0.258 e. The average molecular weight is 555 g/mol. The van der Waals surface area contributed by atoms with Gasteiger partial charge in [-0.2, -0.15) is 4.31 Å². The number of halogens is 2. The van der Waals surface area contributed by atoms with Crippen molar-refractivity contribution in [3.8, 4) is 0 Å². The fourth-order valence-electron chi connectivity index (χ4n) is 4.18. The number of nitro benzene ring substituents is 1. The highest BCUT2D eigenvalue weighted by Crippen LogP contribution is 2.31.